The molecule has 2 aliphatic heterocycles. The SMILES string of the molecule is CC(C)CC(=O)N1CCC(c2nnc3n2CCN(S(=O)(=O)c2ccccc2)C3)CC1. The van der Waals surface area contributed by atoms with Crippen molar-refractivity contribution in [3.63, 3.8) is 0 Å². The maximum Gasteiger partial charge on any atom is 0.243 e. The molecule has 8 nitrogen and oxygen atoms in total. The minimum absolute atomic E-state index is 0.230. The van der Waals surface area contributed by atoms with Gasteiger partial charge in [0.2, 0.25) is 15.9 Å². The van der Waals surface area contributed by atoms with Gasteiger partial charge in [-0.3, -0.25) is 4.79 Å². The number of benzene rings is 1. The van der Waals surface area contributed by atoms with Gasteiger partial charge in [-0.1, -0.05) is 32.0 Å². The molecule has 162 valence electrons. The number of piperidine rings is 1. The Morgan fingerprint density at radius 1 is 1.07 bits per heavy atom. The molecule has 0 radical (unpaired) electrons. The van der Waals surface area contributed by atoms with Crippen LogP contribution in [0, 0.1) is 5.92 Å². The molecule has 4 rings (SSSR count). The largest absolute Gasteiger partial charge is 0.343 e. The number of amides is 1. The van der Waals surface area contributed by atoms with Crippen molar-refractivity contribution < 1.29 is 13.2 Å². The molecule has 1 fully saturated rings. The fraction of sp³-hybridized carbons (Fsp3) is 0.571. The van der Waals surface area contributed by atoms with Crippen LogP contribution in [0.3, 0.4) is 0 Å². The van der Waals surface area contributed by atoms with Crippen molar-refractivity contribution in [1.82, 2.24) is 24.0 Å². The second-order valence-electron chi connectivity index (χ2n) is 8.53. The van der Waals surface area contributed by atoms with E-state index in [1.807, 2.05) is 4.90 Å². The van der Waals surface area contributed by atoms with E-state index in [1.165, 1.54) is 4.31 Å². The van der Waals surface area contributed by atoms with Crippen molar-refractivity contribution in [3.05, 3.63) is 42.0 Å². The van der Waals surface area contributed by atoms with Gasteiger partial charge in [0.15, 0.2) is 0 Å². The van der Waals surface area contributed by atoms with E-state index < -0.39 is 10.0 Å². The molecule has 30 heavy (non-hydrogen) atoms. The van der Waals surface area contributed by atoms with Crippen LogP contribution in [0.4, 0.5) is 0 Å². The molecule has 1 saturated heterocycles. The standard InChI is InChI=1S/C21H29N5O3S/c1-16(2)14-20(27)24-10-8-17(9-11-24)21-23-22-19-15-25(12-13-26(19)21)30(28,29)18-6-4-3-5-7-18/h3-7,16-17H,8-15H2,1-2H3. The van der Waals surface area contributed by atoms with E-state index in [2.05, 4.69) is 28.6 Å². The second-order valence-corrected chi connectivity index (χ2v) is 10.5. The summed E-state index contributed by atoms with van der Waals surface area (Å²) in [7, 11) is -3.54. The van der Waals surface area contributed by atoms with Gasteiger partial charge in [-0.25, -0.2) is 8.42 Å². The molecule has 0 saturated carbocycles. The summed E-state index contributed by atoms with van der Waals surface area (Å²) in [4.78, 5) is 14.6. The fourth-order valence-electron chi connectivity index (χ4n) is 4.27. The summed E-state index contributed by atoms with van der Waals surface area (Å²) >= 11 is 0. The number of nitrogens with zero attached hydrogens (tertiary/aromatic N) is 5. The summed E-state index contributed by atoms with van der Waals surface area (Å²) in [5, 5.41) is 8.73. The van der Waals surface area contributed by atoms with Crippen LogP contribution in [-0.2, 0) is 27.9 Å². The Labute approximate surface area is 177 Å². The van der Waals surface area contributed by atoms with E-state index in [1.54, 1.807) is 30.3 Å². The molecule has 2 aromatic rings. The van der Waals surface area contributed by atoms with Crippen LogP contribution in [0.5, 0.6) is 0 Å². The van der Waals surface area contributed by atoms with E-state index >= 15 is 0 Å². The lowest BCUT2D eigenvalue weighted by atomic mass is 9.95. The number of carbonyl (C=O) groups is 1. The minimum atomic E-state index is -3.54. The first-order valence-electron chi connectivity index (χ1n) is 10.6. The van der Waals surface area contributed by atoms with Gasteiger partial charge in [-0.2, -0.15) is 4.31 Å². The van der Waals surface area contributed by atoms with Crippen molar-refractivity contribution in [2.75, 3.05) is 19.6 Å². The van der Waals surface area contributed by atoms with Crippen LogP contribution in [0.25, 0.3) is 0 Å². The van der Waals surface area contributed by atoms with Crippen LogP contribution in [-0.4, -0.2) is 57.9 Å². The monoisotopic (exact) mass is 431 g/mol. The zero-order valence-electron chi connectivity index (χ0n) is 17.6. The first-order valence-corrected chi connectivity index (χ1v) is 12.0. The Morgan fingerprint density at radius 2 is 1.77 bits per heavy atom. The molecule has 0 aliphatic carbocycles. The highest BCUT2D eigenvalue weighted by atomic mass is 32.2. The lowest BCUT2D eigenvalue weighted by Crippen LogP contribution is -2.40. The molecular formula is C21H29N5O3S. The van der Waals surface area contributed by atoms with Gasteiger partial charge in [0.25, 0.3) is 0 Å². The average molecular weight is 432 g/mol. The highest BCUT2D eigenvalue weighted by molar-refractivity contribution is 7.89. The van der Waals surface area contributed by atoms with Gasteiger partial charge in [0.05, 0.1) is 11.4 Å². The van der Waals surface area contributed by atoms with Crippen molar-refractivity contribution in [1.29, 1.82) is 0 Å². The predicted molar refractivity (Wildman–Crippen MR) is 112 cm³/mol. The second kappa shape index (κ2) is 8.47. The third-order valence-electron chi connectivity index (χ3n) is 5.92. The van der Waals surface area contributed by atoms with E-state index in [4.69, 9.17) is 0 Å². The Bertz CT molecular complexity index is 995. The number of fused-ring (bicyclic) bond motifs is 1. The number of hydrogen-bond donors (Lipinski definition) is 0. The van der Waals surface area contributed by atoms with Crippen molar-refractivity contribution in [2.45, 2.75) is 57.0 Å². The van der Waals surface area contributed by atoms with Gasteiger partial charge in [0.1, 0.15) is 11.6 Å². The van der Waals surface area contributed by atoms with Crippen LogP contribution in [0.15, 0.2) is 35.2 Å². The van der Waals surface area contributed by atoms with Crippen molar-refractivity contribution in [2.24, 2.45) is 5.92 Å². The molecule has 1 aromatic carbocycles. The quantitative estimate of drug-likeness (QED) is 0.724. The molecule has 3 heterocycles. The predicted octanol–water partition coefficient (Wildman–Crippen LogP) is 2.23. The van der Waals surface area contributed by atoms with E-state index in [9.17, 15) is 13.2 Å². The topological polar surface area (TPSA) is 88.4 Å². The third-order valence-corrected chi connectivity index (χ3v) is 7.78. The summed E-state index contributed by atoms with van der Waals surface area (Å²) in [6, 6.07) is 8.51. The summed E-state index contributed by atoms with van der Waals surface area (Å²) in [6.45, 7) is 6.80. The van der Waals surface area contributed by atoms with Crippen LogP contribution >= 0.6 is 0 Å². The van der Waals surface area contributed by atoms with Crippen LogP contribution in [0.1, 0.15) is 50.7 Å². The normalized spacial score (nSPS) is 18.6. The molecule has 0 N–H and O–H groups in total. The Hall–Kier alpha value is -2.26. The van der Waals surface area contributed by atoms with Crippen LogP contribution < -0.4 is 0 Å². The van der Waals surface area contributed by atoms with Gasteiger partial charge in [-0.05, 0) is 30.9 Å². The number of hydrogen-bond acceptors (Lipinski definition) is 5. The molecule has 1 amide bonds. The van der Waals surface area contributed by atoms with Crippen molar-refractivity contribution >= 4 is 15.9 Å². The van der Waals surface area contributed by atoms with E-state index in [0.29, 0.717) is 36.1 Å². The summed E-state index contributed by atoms with van der Waals surface area (Å²) in [5.74, 6) is 2.47. The van der Waals surface area contributed by atoms with E-state index in [0.717, 1.165) is 31.8 Å². The van der Waals surface area contributed by atoms with Gasteiger partial charge in [-0.15, -0.1) is 10.2 Å². The maximum absolute atomic E-state index is 12.9. The molecule has 0 unspecified atom stereocenters. The molecule has 0 atom stereocenters. The number of carbonyl (C=O) groups excluding carboxylic acids is 1. The molecule has 0 spiro atoms. The third kappa shape index (κ3) is 4.13. The Balaban J connectivity index is 1.43. The van der Waals surface area contributed by atoms with Gasteiger partial charge in [0, 0.05) is 38.5 Å². The van der Waals surface area contributed by atoms with Crippen molar-refractivity contribution in [3.8, 4) is 0 Å². The van der Waals surface area contributed by atoms with Crippen LogP contribution in [0.2, 0.25) is 0 Å². The van der Waals surface area contributed by atoms with Gasteiger partial charge < -0.3 is 9.47 Å². The Morgan fingerprint density at radius 3 is 2.43 bits per heavy atom. The zero-order chi connectivity index (χ0) is 21.3. The van der Waals surface area contributed by atoms with Gasteiger partial charge >= 0.3 is 0 Å². The zero-order valence-corrected chi connectivity index (χ0v) is 18.4. The fourth-order valence-corrected chi connectivity index (χ4v) is 5.68. The summed E-state index contributed by atoms with van der Waals surface area (Å²) < 4.78 is 29.4. The summed E-state index contributed by atoms with van der Waals surface area (Å²) in [6.07, 6.45) is 2.33. The Kier molecular flexibility index (Phi) is 5.92. The summed E-state index contributed by atoms with van der Waals surface area (Å²) in [5.41, 5.74) is 0. The molecule has 0 bridgehead atoms. The number of sulfonamides is 1. The van der Waals surface area contributed by atoms with E-state index in [-0.39, 0.29) is 18.4 Å². The molecule has 2 aliphatic rings. The minimum Gasteiger partial charge on any atom is -0.343 e. The first kappa shape index (κ1) is 21.0. The first-order chi connectivity index (χ1) is 14.4. The number of likely N-dealkylation sites (tertiary alicyclic amines) is 1. The smallest absolute Gasteiger partial charge is 0.243 e. The highest BCUT2D eigenvalue weighted by Crippen LogP contribution is 2.30. The highest BCUT2D eigenvalue weighted by Gasteiger charge is 2.33. The average Bonchev–Trinajstić information content (AvgIpc) is 3.17. The molecule has 9 heteroatoms. The maximum atomic E-state index is 12.9. The molecular weight excluding hydrogens is 402 g/mol. The lowest BCUT2D eigenvalue weighted by Gasteiger charge is -2.33. The number of rotatable bonds is 5. The lowest BCUT2D eigenvalue weighted by molar-refractivity contribution is -0.133. The molecule has 1 aromatic heterocycles. The number of aromatic nitrogens is 3.